The van der Waals surface area contributed by atoms with E-state index in [1.165, 1.54) is 24.0 Å². The van der Waals surface area contributed by atoms with Crippen molar-refractivity contribution in [3.63, 3.8) is 0 Å². The molecule has 1 aromatic heterocycles. The van der Waals surface area contributed by atoms with Crippen LogP contribution in [0.15, 0.2) is 73.1 Å². The van der Waals surface area contributed by atoms with E-state index in [-0.39, 0.29) is 38.1 Å². The molecule has 11 heteroatoms. The van der Waals surface area contributed by atoms with Gasteiger partial charge in [0, 0.05) is 49.7 Å². The van der Waals surface area contributed by atoms with Gasteiger partial charge in [0.1, 0.15) is 12.4 Å². The van der Waals surface area contributed by atoms with Crippen molar-refractivity contribution in [2.45, 2.75) is 26.8 Å². The number of amides is 4. The second kappa shape index (κ2) is 17.0. The van der Waals surface area contributed by atoms with Gasteiger partial charge in [0.05, 0.1) is 25.5 Å². The molecule has 0 bridgehead atoms. The van der Waals surface area contributed by atoms with Gasteiger partial charge in [-0.25, -0.2) is 14.6 Å². The molecule has 236 valence electrons. The zero-order valence-electron chi connectivity index (χ0n) is 26.5. The predicted octanol–water partition coefficient (Wildman–Crippen LogP) is 4.31. The minimum Gasteiger partial charge on any atom is -0.453 e. The summed E-state index contributed by atoms with van der Waals surface area (Å²) in [6.07, 6.45) is 3.88. The molecule has 2 aromatic carbocycles. The van der Waals surface area contributed by atoms with Crippen molar-refractivity contribution in [1.29, 1.82) is 0 Å². The van der Waals surface area contributed by atoms with E-state index in [9.17, 15) is 14.4 Å². The van der Waals surface area contributed by atoms with Crippen LogP contribution in [0.5, 0.6) is 0 Å². The summed E-state index contributed by atoms with van der Waals surface area (Å²) in [6.45, 7) is 8.51. The lowest BCUT2D eigenvalue weighted by atomic mass is 10.1. The highest BCUT2D eigenvalue weighted by Gasteiger charge is 2.18. The zero-order chi connectivity index (χ0) is 32.8. The molecule has 0 spiro atoms. The first kappa shape index (κ1) is 34.0. The first-order valence-electron chi connectivity index (χ1n) is 14.6. The smallest absolute Gasteiger partial charge is 0.407 e. The topological polar surface area (TPSA) is 132 Å². The van der Waals surface area contributed by atoms with E-state index in [4.69, 9.17) is 0 Å². The number of nitrogens with zero attached hydrogens (tertiary/aromatic N) is 3. The van der Waals surface area contributed by atoms with Gasteiger partial charge >= 0.3 is 12.1 Å². The summed E-state index contributed by atoms with van der Waals surface area (Å²) in [5.74, 6) is 6.64. The molecular formula is C34H41N7O4. The van der Waals surface area contributed by atoms with Crippen LogP contribution in [-0.4, -0.2) is 78.6 Å². The van der Waals surface area contributed by atoms with Gasteiger partial charge in [0.15, 0.2) is 0 Å². The monoisotopic (exact) mass is 611 g/mol. The average Bonchev–Trinajstić information content (AvgIpc) is 3.55. The molecule has 0 saturated heterocycles. The summed E-state index contributed by atoms with van der Waals surface area (Å²) in [6, 6.07) is 15.6. The Kier molecular flexibility index (Phi) is 12.8. The van der Waals surface area contributed by atoms with E-state index in [1.54, 1.807) is 13.2 Å². The number of aromatic nitrogens is 2. The van der Waals surface area contributed by atoms with Crippen molar-refractivity contribution >= 4 is 23.7 Å². The van der Waals surface area contributed by atoms with E-state index in [0.29, 0.717) is 5.82 Å². The summed E-state index contributed by atoms with van der Waals surface area (Å²) in [4.78, 5) is 46.9. The van der Waals surface area contributed by atoms with E-state index >= 15 is 0 Å². The number of hydrogen-bond donors (Lipinski definition) is 4. The van der Waals surface area contributed by atoms with Crippen LogP contribution in [-0.2, 0) is 16.1 Å². The number of allylic oxidation sites excluding steroid dienone is 2. The van der Waals surface area contributed by atoms with E-state index in [1.807, 2.05) is 61.5 Å². The second-order valence-electron chi connectivity index (χ2n) is 10.1. The maximum Gasteiger partial charge on any atom is 0.407 e. The number of methoxy groups -OCH3 is 1. The van der Waals surface area contributed by atoms with E-state index < -0.39 is 6.09 Å². The Morgan fingerprint density at radius 3 is 2.27 bits per heavy atom. The Bertz CT molecular complexity index is 1560. The number of likely N-dealkylation sites (N-methyl/N-ethyl adjacent to an activating group) is 1. The predicted molar refractivity (Wildman–Crippen MR) is 176 cm³/mol. The number of carbonyl (C=O) groups is 3. The maximum atomic E-state index is 12.9. The Labute approximate surface area is 264 Å². The van der Waals surface area contributed by atoms with E-state index in [2.05, 4.69) is 56.0 Å². The first-order valence-corrected chi connectivity index (χ1v) is 14.6. The standard InChI is InChI=1S/C34H41N7O4/c1-7-24(3)38-29(8-2)27-15-11-25(12-16-27)9-10-26-13-17-28(18-14-26)30-21-36-31(39-30)23-41(20-19-40(5)33(43)35-4)32(42)22-37-34(44)45-6/h8,11-18,21,38H,3,7,19-20,22-23H2,1-2,4-6H3,(H,35,43)(H,36,39)(H,37,44)/b29-8-. The van der Waals surface area contributed by atoms with Crippen LogP contribution in [0.25, 0.3) is 17.0 Å². The van der Waals surface area contributed by atoms with Crippen LogP contribution in [0.1, 0.15) is 42.8 Å². The summed E-state index contributed by atoms with van der Waals surface area (Å²) in [5, 5.41) is 8.29. The van der Waals surface area contributed by atoms with Crippen molar-refractivity contribution in [2.24, 2.45) is 0 Å². The number of aromatic amines is 1. The van der Waals surface area contributed by atoms with Crippen LogP contribution in [0.3, 0.4) is 0 Å². The van der Waals surface area contributed by atoms with Crippen molar-refractivity contribution < 1.29 is 19.1 Å². The number of carbonyl (C=O) groups excluding carboxylic acids is 3. The summed E-state index contributed by atoms with van der Waals surface area (Å²) in [5.41, 5.74) is 6.52. The first-order chi connectivity index (χ1) is 21.7. The lowest BCUT2D eigenvalue weighted by Crippen LogP contribution is -2.45. The quantitative estimate of drug-likeness (QED) is 0.226. The van der Waals surface area contributed by atoms with Crippen LogP contribution >= 0.6 is 0 Å². The molecule has 0 aliphatic rings. The average molecular weight is 612 g/mol. The largest absolute Gasteiger partial charge is 0.453 e. The molecule has 0 aliphatic heterocycles. The molecule has 0 radical (unpaired) electrons. The molecule has 4 N–H and O–H groups in total. The molecule has 45 heavy (non-hydrogen) atoms. The lowest BCUT2D eigenvalue weighted by Gasteiger charge is -2.25. The molecule has 0 fully saturated rings. The highest BCUT2D eigenvalue weighted by Crippen LogP contribution is 2.19. The van der Waals surface area contributed by atoms with Gasteiger partial charge in [-0.05, 0) is 48.7 Å². The fraction of sp³-hybridized carbons (Fsp3) is 0.294. The summed E-state index contributed by atoms with van der Waals surface area (Å²) >= 11 is 0. The number of urea groups is 1. The fourth-order valence-electron chi connectivity index (χ4n) is 4.16. The lowest BCUT2D eigenvalue weighted by molar-refractivity contribution is -0.131. The number of hydrogen-bond acceptors (Lipinski definition) is 6. The van der Waals surface area contributed by atoms with Crippen molar-refractivity contribution in [2.75, 3.05) is 40.8 Å². The highest BCUT2D eigenvalue weighted by atomic mass is 16.5. The number of benzene rings is 2. The van der Waals surface area contributed by atoms with Gasteiger partial charge in [-0.15, -0.1) is 0 Å². The van der Waals surface area contributed by atoms with Gasteiger partial charge in [-0.2, -0.15) is 0 Å². The van der Waals surface area contributed by atoms with Gasteiger partial charge in [0.2, 0.25) is 5.91 Å². The Morgan fingerprint density at radius 2 is 1.69 bits per heavy atom. The third-order valence-electron chi connectivity index (χ3n) is 6.93. The zero-order valence-corrected chi connectivity index (χ0v) is 26.5. The molecule has 0 unspecified atom stereocenters. The minimum atomic E-state index is -0.706. The second-order valence-corrected chi connectivity index (χ2v) is 10.1. The number of rotatable bonds is 12. The molecule has 0 aliphatic carbocycles. The van der Waals surface area contributed by atoms with E-state index in [0.717, 1.165) is 45.8 Å². The molecule has 1 heterocycles. The summed E-state index contributed by atoms with van der Waals surface area (Å²) < 4.78 is 4.56. The Hall–Kier alpha value is -5.50. The summed E-state index contributed by atoms with van der Waals surface area (Å²) in [7, 11) is 4.39. The molecule has 0 saturated carbocycles. The number of nitrogens with one attached hydrogen (secondary N) is 4. The number of imidazole rings is 1. The van der Waals surface area contributed by atoms with Gasteiger partial charge in [0.25, 0.3) is 0 Å². The molecule has 11 nitrogen and oxygen atoms in total. The molecule has 3 aromatic rings. The third-order valence-corrected chi connectivity index (χ3v) is 6.93. The van der Waals surface area contributed by atoms with Crippen molar-refractivity contribution in [1.82, 2.24) is 35.7 Å². The van der Waals surface area contributed by atoms with Crippen LogP contribution in [0, 0.1) is 11.8 Å². The van der Waals surface area contributed by atoms with Crippen LogP contribution < -0.4 is 16.0 Å². The van der Waals surface area contributed by atoms with Crippen molar-refractivity contribution in [3.05, 3.63) is 95.6 Å². The number of alkyl carbamates (subject to hydrolysis) is 1. The maximum absolute atomic E-state index is 12.9. The van der Waals surface area contributed by atoms with Gasteiger partial charge < -0.3 is 35.5 Å². The molecule has 4 amide bonds. The molecule has 0 atom stereocenters. The SMILES string of the molecule is C=C(CC)N/C(=C\C)c1ccc(C#Cc2ccc(-c3cnc(CN(CCN(C)C(=O)NC)C(=O)CNC(=O)OC)[nH]3)cc2)cc1. The van der Waals surface area contributed by atoms with Crippen LogP contribution in [0.2, 0.25) is 0 Å². The molecular weight excluding hydrogens is 570 g/mol. The normalized spacial score (nSPS) is 10.6. The minimum absolute atomic E-state index is 0.157. The van der Waals surface area contributed by atoms with Gasteiger partial charge in [-0.3, -0.25) is 4.79 Å². The molecule has 3 rings (SSSR count). The fourth-order valence-corrected chi connectivity index (χ4v) is 4.16. The Balaban J connectivity index is 1.67. The van der Waals surface area contributed by atoms with Crippen LogP contribution in [0.4, 0.5) is 9.59 Å². The van der Waals surface area contributed by atoms with Gasteiger partial charge in [-0.1, -0.05) is 55.7 Å². The van der Waals surface area contributed by atoms with Crippen molar-refractivity contribution in [3.8, 4) is 23.1 Å². The highest BCUT2D eigenvalue weighted by molar-refractivity contribution is 5.82. The number of ether oxygens (including phenoxy) is 1. The Morgan fingerprint density at radius 1 is 1.04 bits per heavy atom. The third kappa shape index (κ3) is 10.3. The number of H-pyrrole nitrogens is 1.